The maximum atomic E-state index is 13.7. The Bertz CT molecular complexity index is 842. The van der Waals surface area contributed by atoms with Gasteiger partial charge in [-0.25, -0.2) is 18.1 Å². The first-order valence-corrected chi connectivity index (χ1v) is 9.11. The van der Waals surface area contributed by atoms with Gasteiger partial charge in [0.25, 0.3) is 12.0 Å². The molecule has 1 aromatic heterocycles. The minimum Gasteiger partial charge on any atom is -0.386 e. The Balaban J connectivity index is 1.99. The van der Waals surface area contributed by atoms with E-state index in [4.69, 9.17) is 18.3 Å². The predicted octanol–water partition coefficient (Wildman–Crippen LogP) is 0.379. The molecular formula is C13H17F2N2O8P. The van der Waals surface area contributed by atoms with Gasteiger partial charge >= 0.3 is 13.5 Å². The first-order chi connectivity index (χ1) is 12.1. The van der Waals surface area contributed by atoms with Gasteiger partial charge in [-0.05, 0) is 13.8 Å². The van der Waals surface area contributed by atoms with Crippen molar-refractivity contribution in [2.75, 3.05) is 6.61 Å². The predicted molar refractivity (Wildman–Crippen MR) is 80.8 cm³/mol. The van der Waals surface area contributed by atoms with Crippen molar-refractivity contribution in [2.45, 2.75) is 50.4 Å². The van der Waals surface area contributed by atoms with Crippen LogP contribution in [-0.2, 0) is 22.9 Å². The maximum Gasteiger partial charge on any atom is 0.475 e. The summed E-state index contributed by atoms with van der Waals surface area (Å²) < 4.78 is 60.9. The number of phosphoric acid groups is 1. The van der Waals surface area contributed by atoms with Gasteiger partial charge in [-0.2, -0.15) is 0 Å². The second-order valence-electron chi connectivity index (χ2n) is 6.17. The van der Waals surface area contributed by atoms with Crippen LogP contribution in [0.4, 0.5) is 8.78 Å². The molecule has 2 saturated heterocycles. The second-order valence-corrected chi connectivity index (χ2v) is 7.75. The fraction of sp³-hybridized carbons (Fsp3) is 0.692. The van der Waals surface area contributed by atoms with Crippen LogP contribution in [0.15, 0.2) is 21.9 Å². The third-order valence-corrected chi connectivity index (χ3v) is 5.56. The summed E-state index contributed by atoms with van der Waals surface area (Å²) in [5.74, 6) is 0. The highest BCUT2D eigenvalue weighted by molar-refractivity contribution is 7.48. The third-order valence-electron chi connectivity index (χ3n) is 3.95. The first-order valence-electron chi connectivity index (χ1n) is 7.65. The van der Waals surface area contributed by atoms with Crippen LogP contribution >= 0.6 is 7.82 Å². The largest absolute Gasteiger partial charge is 0.475 e. The second kappa shape index (κ2) is 6.63. The first kappa shape index (κ1) is 19.3. The lowest BCUT2D eigenvalue weighted by atomic mass is 9.96. The number of nitrogens with zero attached hydrogens (tertiary/aromatic N) is 1. The lowest BCUT2D eigenvalue weighted by Crippen LogP contribution is -2.56. The number of hydrogen-bond donors (Lipinski definition) is 2. The van der Waals surface area contributed by atoms with Gasteiger partial charge in [-0.3, -0.25) is 27.9 Å². The van der Waals surface area contributed by atoms with E-state index in [1.54, 1.807) is 0 Å². The molecule has 1 unspecified atom stereocenters. The van der Waals surface area contributed by atoms with Crippen molar-refractivity contribution in [3.05, 3.63) is 33.1 Å². The molecule has 10 nitrogen and oxygen atoms in total. The minimum absolute atomic E-state index is 0.600. The number of hydrogen-bond acceptors (Lipinski definition) is 8. The summed E-state index contributed by atoms with van der Waals surface area (Å²) >= 11 is 0. The number of aliphatic hydroxyl groups excluding tert-OH is 1. The van der Waals surface area contributed by atoms with Crippen LogP contribution in [0.5, 0.6) is 0 Å². The van der Waals surface area contributed by atoms with Gasteiger partial charge in [0.1, 0.15) is 12.2 Å². The minimum atomic E-state index is -4.22. The van der Waals surface area contributed by atoms with Gasteiger partial charge < -0.3 is 9.84 Å². The van der Waals surface area contributed by atoms with E-state index in [0.717, 1.165) is 16.8 Å². The molecule has 0 spiro atoms. The van der Waals surface area contributed by atoms with Gasteiger partial charge in [0.2, 0.25) is 0 Å². The lowest BCUT2D eigenvalue weighted by molar-refractivity contribution is -0.208. The van der Waals surface area contributed by atoms with Crippen molar-refractivity contribution in [2.24, 2.45) is 0 Å². The van der Waals surface area contributed by atoms with E-state index in [9.17, 15) is 28.0 Å². The van der Waals surface area contributed by atoms with Crippen molar-refractivity contribution in [3.63, 3.8) is 0 Å². The zero-order valence-corrected chi connectivity index (χ0v) is 14.6. The molecule has 0 saturated carbocycles. The SMILES string of the molecule is CC(C)OP1(=O)OC[C@@]2(C(F)F)O[C@@H](n3ccc(=O)[nH]c3=O)[C@H](O)[C@@H]2O1. The molecular weight excluding hydrogens is 381 g/mol. The average Bonchev–Trinajstić information content (AvgIpc) is 2.80. The van der Waals surface area contributed by atoms with E-state index >= 15 is 0 Å². The number of aromatic amines is 1. The summed E-state index contributed by atoms with van der Waals surface area (Å²) in [4.78, 5) is 25.0. The van der Waals surface area contributed by atoms with Crippen LogP contribution in [0.2, 0.25) is 0 Å². The average molecular weight is 398 g/mol. The van der Waals surface area contributed by atoms with Crippen LogP contribution in [0.1, 0.15) is 20.1 Å². The van der Waals surface area contributed by atoms with Crippen molar-refractivity contribution in [1.82, 2.24) is 9.55 Å². The Morgan fingerprint density at radius 2 is 2.15 bits per heavy atom. The molecule has 146 valence electrons. The molecule has 5 atom stereocenters. The van der Waals surface area contributed by atoms with Crippen molar-refractivity contribution >= 4 is 7.82 Å². The van der Waals surface area contributed by atoms with E-state index in [0.29, 0.717) is 0 Å². The van der Waals surface area contributed by atoms with E-state index in [2.05, 4.69) is 0 Å². The van der Waals surface area contributed by atoms with E-state index in [1.165, 1.54) is 13.8 Å². The number of phosphoric ester groups is 1. The topological polar surface area (TPSA) is 129 Å². The monoisotopic (exact) mass is 398 g/mol. The number of fused-ring (bicyclic) bond motifs is 1. The molecule has 0 radical (unpaired) electrons. The number of rotatable bonds is 4. The zero-order valence-electron chi connectivity index (χ0n) is 13.7. The summed E-state index contributed by atoms with van der Waals surface area (Å²) in [6, 6.07) is 0.957. The molecule has 2 aliphatic heterocycles. The zero-order chi connectivity index (χ0) is 19.3. The highest BCUT2D eigenvalue weighted by Crippen LogP contribution is 2.61. The fourth-order valence-electron chi connectivity index (χ4n) is 2.82. The summed E-state index contributed by atoms with van der Waals surface area (Å²) in [6.07, 6.45) is -8.02. The third kappa shape index (κ3) is 3.17. The Labute approximate surface area is 145 Å². The van der Waals surface area contributed by atoms with Crippen LogP contribution in [0.25, 0.3) is 0 Å². The van der Waals surface area contributed by atoms with Gasteiger partial charge in [-0.1, -0.05) is 0 Å². The van der Waals surface area contributed by atoms with E-state index < -0.39 is 62.2 Å². The summed E-state index contributed by atoms with van der Waals surface area (Å²) in [6.45, 7) is 2.18. The Hall–Kier alpha value is -1.43. The van der Waals surface area contributed by atoms with Gasteiger partial charge in [0, 0.05) is 12.3 Å². The number of halogens is 2. The number of alkyl halides is 2. The molecule has 0 aromatic carbocycles. The van der Waals surface area contributed by atoms with Gasteiger partial charge in [0.05, 0.1) is 12.7 Å². The molecule has 1 aromatic rings. The van der Waals surface area contributed by atoms with Crippen molar-refractivity contribution in [3.8, 4) is 0 Å². The van der Waals surface area contributed by atoms with Crippen LogP contribution < -0.4 is 11.2 Å². The van der Waals surface area contributed by atoms with E-state index in [-0.39, 0.29) is 0 Å². The van der Waals surface area contributed by atoms with Gasteiger partial charge in [0.15, 0.2) is 11.8 Å². The number of aromatic nitrogens is 2. The quantitative estimate of drug-likeness (QED) is 0.697. The molecule has 0 bridgehead atoms. The molecule has 3 rings (SSSR count). The molecule has 2 aliphatic rings. The molecule has 0 amide bonds. The molecule has 3 heterocycles. The molecule has 2 N–H and O–H groups in total. The standard InChI is InChI=1S/C13H17F2N2O8P/c1-6(2)24-26(21)22-5-13(11(14)15)9(25-26)8(19)10(23-13)17-4-3-7(18)16-12(17)20/h3-4,6,8-11,19H,5H2,1-2H3,(H,16,18,20)/t8-,9+,10-,13-,26?/m1/s1. The summed E-state index contributed by atoms with van der Waals surface area (Å²) in [5.41, 5.74) is -4.16. The van der Waals surface area contributed by atoms with Crippen LogP contribution in [0.3, 0.4) is 0 Å². The Morgan fingerprint density at radius 3 is 2.73 bits per heavy atom. The lowest BCUT2D eigenvalue weighted by Gasteiger charge is -2.39. The van der Waals surface area contributed by atoms with Crippen LogP contribution in [0, 0.1) is 0 Å². The van der Waals surface area contributed by atoms with Crippen LogP contribution in [-0.4, -0.2) is 51.6 Å². The Kier molecular flexibility index (Phi) is 4.93. The molecule has 26 heavy (non-hydrogen) atoms. The Morgan fingerprint density at radius 1 is 1.46 bits per heavy atom. The molecule has 13 heteroatoms. The molecule has 2 fully saturated rings. The number of H-pyrrole nitrogens is 1. The van der Waals surface area contributed by atoms with Crippen molar-refractivity contribution < 1.29 is 36.8 Å². The van der Waals surface area contributed by atoms with Crippen molar-refractivity contribution in [1.29, 1.82) is 0 Å². The molecule has 0 aliphatic carbocycles. The summed E-state index contributed by atoms with van der Waals surface area (Å²) in [5, 5.41) is 10.4. The fourth-order valence-corrected chi connectivity index (χ4v) is 4.45. The normalized spacial score (nSPS) is 37.3. The number of ether oxygens (including phenoxy) is 1. The number of aliphatic hydroxyl groups is 1. The van der Waals surface area contributed by atoms with E-state index in [1.807, 2.05) is 4.98 Å². The summed E-state index contributed by atoms with van der Waals surface area (Å²) in [7, 11) is -4.22. The highest BCUT2D eigenvalue weighted by Gasteiger charge is 2.67. The highest BCUT2D eigenvalue weighted by atomic mass is 31.2. The number of nitrogens with one attached hydrogen (secondary N) is 1. The smallest absolute Gasteiger partial charge is 0.386 e. The van der Waals surface area contributed by atoms with Gasteiger partial charge in [-0.15, -0.1) is 0 Å². The maximum absolute atomic E-state index is 13.7.